The van der Waals surface area contributed by atoms with Crippen LogP contribution in [-0.4, -0.2) is 33.5 Å². The van der Waals surface area contributed by atoms with Crippen LogP contribution in [0.5, 0.6) is 11.5 Å². The summed E-state index contributed by atoms with van der Waals surface area (Å²) in [6.45, 7) is 6.46. The third-order valence-electron chi connectivity index (χ3n) is 4.68. The summed E-state index contributed by atoms with van der Waals surface area (Å²) in [6, 6.07) is 15.0. The van der Waals surface area contributed by atoms with Crippen molar-refractivity contribution < 1.29 is 14.3 Å². The van der Waals surface area contributed by atoms with Gasteiger partial charge in [0.2, 0.25) is 5.91 Å². The minimum Gasteiger partial charge on any atom is -0.493 e. The molecule has 32 heavy (non-hydrogen) atoms. The van der Waals surface area contributed by atoms with Crippen molar-refractivity contribution in [2.24, 2.45) is 0 Å². The number of carbonyl (C=O) groups excluding carboxylic acids is 1. The molecule has 0 aliphatic heterocycles. The molecule has 0 spiro atoms. The van der Waals surface area contributed by atoms with Crippen molar-refractivity contribution in [3.05, 3.63) is 64.9 Å². The molecule has 0 fully saturated rings. The molecular weight excluding hydrogens is 448 g/mol. The van der Waals surface area contributed by atoms with Gasteiger partial charge in [-0.1, -0.05) is 47.6 Å². The first-order valence-corrected chi connectivity index (χ1v) is 11.6. The number of hydrogen-bond donors (Lipinski definition) is 1. The summed E-state index contributed by atoms with van der Waals surface area (Å²) in [5, 5.41) is 12.9. The van der Waals surface area contributed by atoms with E-state index in [0.29, 0.717) is 34.0 Å². The normalized spacial score (nSPS) is 11.9. The van der Waals surface area contributed by atoms with Gasteiger partial charge in [-0.3, -0.25) is 4.79 Å². The molecule has 1 unspecified atom stereocenters. The number of benzene rings is 2. The summed E-state index contributed by atoms with van der Waals surface area (Å²) in [5.74, 6) is 2.14. The first-order chi connectivity index (χ1) is 15.4. The van der Waals surface area contributed by atoms with Crippen molar-refractivity contribution in [3.8, 4) is 11.5 Å². The summed E-state index contributed by atoms with van der Waals surface area (Å²) < 4.78 is 13.5. The Balaban J connectivity index is 1.63. The monoisotopic (exact) mass is 474 g/mol. The first kappa shape index (κ1) is 23.9. The first-order valence-electron chi connectivity index (χ1n) is 10.3. The van der Waals surface area contributed by atoms with E-state index in [0.717, 1.165) is 5.56 Å². The van der Waals surface area contributed by atoms with Crippen molar-refractivity contribution in [3.63, 3.8) is 0 Å². The van der Waals surface area contributed by atoms with Crippen molar-refractivity contribution in [1.29, 1.82) is 0 Å². The van der Waals surface area contributed by atoms with E-state index in [2.05, 4.69) is 15.5 Å². The van der Waals surface area contributed by atoms with Crippen molar-refractivity contribution in [1.82, 2.24) is 20.1 Å². The van der Waals surface area contributed by atoms with E-state index in [1.54, 1.807) is 19.2 Å². The van der Waals surface area contributed by atoms with Crippen molar-refractivity contribution >= 4 is 29.3 Å². The third-order valence-corrected chi connectivity index (χ3v) is 5.87. The van der Waals surface area contributed by atoms with Gasteiger partial charge >= 0.3 is 0 Å². The van der Waals surface area contributed by atoms with Crippen molar-refractivity contribution in [2.45, 2.75) is 44.6 Å². The van der Waals surface area contributed by atoms with Gasteiger partial charge in [-0.15, -0.1) is 10.2 Å². The highest BCUT2D eigenvalue weighted by Crippen LogP contribution is 2.32. The number of para-hydroxylation sites is 2. The lowest BCUT2D eigenvalue weighted by Gasteiger charge is -2.19. The minimum atomic E-state index is -0.353. The number of ether oxygens (including phenoxy) is 2. The van der Waals surface area contributed by atoms with Gasteiger partial charge in [0.15, 0.2) is 28.6 Å². The van der Waals surface area contributed by atoms with E-state index in [9.17, 15) is 4.79 Å². The van der Waals surface area contributed by atoms with Gasteiger partial charge < -0.3 is 19.4 Å². The number of carbonyl (C=O) groups is 1. The predicted octanol–water partition coefficient (Wildman–Crippen LogP) is 5.07. The van der Waals surface area contributed by atoms with Crippen LogP contribution in [0, 0.1) is 0 Å². The molecule has 1 atom stereocenters. The van der Waals surface area contributed by atoms with Crippen LogP contribution in [0.2, 0.25) is 5.02 Å². The lowest BCUT2D eigenvalue weighted by molar-refractivity contribution is -0.118. The van der Waals surface area contributed by atoms with Gasteiger partial charge in [0.25, 0.3) is 0 Å². The van der Waals surface area contributed by atoms with Crippen LogP contribution in [0.4, 0.5) is 0 Å². The zero-order valence-electron chi connectivity index (χ0n) is 18.5. The average Bonchev–Trinajstić information content (AvgIpc) is 3.22. The van der Waals surface area contributed by atoms with Crippen LogP contribution >= 0.6 is 23.4 Å². The summed E-state index contributed by atoms with van der Waals surface area (Å²) in [7, 11) is 1.61. The van der Waals surface area contributed by atoms with E-state index >= 15 is 0 Å². The fraction of sp³-hybridized carbons (Fsp3) is 0.348. The molecular formula is C23H27ClN4O3S. The number of thioether (sulfide) groups is 1. The van der Waals surface area contributed by atoms with E-state index in [4.69, 9.17) is 21.1 Å². The SMILES string of the molecule is COc1ccccc1OC(C)c1nnc(SCC(=O)NCc2ccc(Cl)cc2)n1C(C)C. The molecule has 0 aliphatic rings. The molecule has 1 aromatic heterocycles. The lowest BCUT2D eigenvalue weighted by atomic mass is 10.2. The zero-order chi connectivity index (χ0) is 23.1. The highest BCUT2D eigenvalue weighted by Gasteiger charge is 2.22. The van der Waals surface area contributed by atoms with Gasteiger partial charge in [0, 0.05) is 17.6 Å². The van der Waals surface area contributed by atoms with Gasteiger partial charge in [0.05, 0.1) is 12.9 Å². The van der Waals surface area contributed by atoms with Crippen LogP contribution in [-0.2, 0) is 11.3 Å². The predicted molar refractivity (Wildman–Crippen MR) is 126 cm³/mol. The Morgan fingerprint density at radius 3 is 2.44 bits per heavy atom. The summed E-state index contributed by atoms with van der Waals surface area (Å²) >= 11 is 7.24. The zero-order valence-corrected chi connectivity index (χ0v) is 20.1. The average molecular weight is 475 g/mol. The van der Waals surface area contributed by atoms with Crippen molar-refractivity contribution in [2.75, 3.05) is 12.9 Å². The van der Waals surface area contributed by atoms with E-state index < -0.39 is 0 Å². The summed E-state index contributed by atoms with van der Waals surface area (Å²) in [6.07, 6.45) is -0.353. The molecule has 1 amide bonds. The van der Waals surface area contributed by atoms with Crippen LogP contribution < -0.4 is 14.8 Å². The molecule has 3 aromatic rings. The molecule has 0 saturated carbocycles. The molecule has 170 valence electrons. The highest BCUT2D eigenvalue weighted by atomic mass is 35.5. The van der Waals surface area contributed by atoms with Crippen LogP contribution in [0.1, 0.15) is 44.3 Å². The Morgan fingerprint density at radius 1 is 1.09 bits per heavy atom. The molecule has 3 rings (SSSR count). The molecule has 0 radical (unpaired) electrons. The quantitative estimate of drug-likeness (QED) is 0.413. The largest absolute Gasteiger partial charge is 0.493 e. The second-order valence-electron chi connectivity index (χ2n) is 7.41. The van der Waals surface area contributed by atoms with E-state index in [-0.39, 0.29) is 23.8 Å². The Kier molecular flexibility index (Phi) is 8.41. The van der Waals surface area contributed by atoms with Gasteiger partial charge in [-0.2, -0.15) is 0 Å². The smallest absolute Gasteiger partial charge is 0.230 e. The molecule has 2 aromatic carbocycles. The number of methoxy groups -OCH3 is 1. The second kappa shape index (κ2) is 11.2. The van der Waals surface area contributed by atoms with Gasteiger partial charge in [-0.05, 0) is 50.6 Å². The number of aromatic nitrogens is 3. The maximum atomic E-state index is 12.3. The Labute approximate surface area is 197 Å². The standard InChI is InChI=1S/C23H27ClN4O3S/c1-15(2)28-22(16(3)31-20-8-6-5-7-19(20)30-4)26-27-23(28)32-14-21(29)25-13-17-9-11-18(24)12-10-17/h5-12,15-16H,13-14H2,1-4H3,(H,25,29). The maximum absolute atomic E-state index is 12.3. The fourth-order valence-corrected chi connectivity index (χ4v) is 4.12. The van der Waals surface area contributed by atoms with Crippen LogP contribution in [0.15, 0.2) is 53.7 Å². The maximum Gasteiger partial charge on any atom is 0.230 e. The molecule has 0 aliphatic carbocycles. The van der Waals surface area contributed by atoms with Crippen LogP contribution in [0.3, 0.4) is 0 Å². The Morgan fingerprint density at radius 2 is 1.78 bits per heavy atom. The number of hydrogen-bond acceptors (Lipinski definition) is 6. The van der Waals surface area contributed by atoms with E-state index in [1.807, 2.05) is 61.7 Å². The van der Waals surface area contributed by atoms with Gasteiger partial charge in [0.1, 0.15) is 0 Å². The molecule has 9 heteroatoms. The highest BCUT2D eigenvalue weighted by molar-refractivity contribution is 7.99. The summed E-state index contributed by atoms with van der Waals surface area (Å²) in [5.41, 5.74) is 0.989. The summed E-state index contributed by atoms with van der Waals surface area (Å²) in [4.78, 5) is 12.3. The van der Waals surface area contributed by atoms with Crippen LogP contribution in [0.25, 0.3) is 0 Å². The third kappa shape index (κ3) is 6.17. The van der Waals surface area contributed by atoms with Gasteiger partial charge in [-0.25, -0.2) is 0 Å². The molecule has 0 saturated heterocycles. The number of nitrogens with zero attached hydrogens (tertiary/aromatic N) is 3. The number of nitrogens with one attached hydrogen (secondary N) is 1. The molecule has 1 heterocycles. The Hall–Kier alpha value is -2.71. The number of halogens is 1. The minimum absolute atomic E-state index is 0.0804. The Bertz CT molecular complexity index is 1040. The molecule has 1 N–H and O–H groups in total. The second-order valence-corrected chi connectivity index (χ2v) is 8.79. The molecule has 7 nitrogen and oxygen atoms in total. The number of amides is 1. The van der Waals surface area contributed by atoms with E-state index in [1.165, 1.54) is 11.8 Å². The topological polar surface area (TPSA) is 78.3 Å². The lowest BCUT2D eigenvalue weighted by Crippen LogP contribution is -2.24. The number of rotatable bonds is 10. The molecule has 0 bridgehead atoms. The fourth-order valence-electron chi connectivity index (χ4n) is 3.09.